The molecule has 0 saturated heterocycles. The van der Waals surface area contributed by atoms with E-state index in [0.717, 1.165) is 11.4 Å². The average Bonchev–Trinajstić information content (AvgIpc) is 3.19. The monoisotopic (exact) mass is 352 g/mol. The van der Waals surface area contributed by atoms with E-state index in [-0.39, 0.29) is 11.8 Å². The van der Waals surface area contributed by atoms with Crippen LogP contribution in [0.5, 0.6) is 5.75 Å². The number of hydrogen-bond acceptors (Lipinski definition) is 4. The first-order valence-corrected chi connectivity index (χ1v) is 9.10. The summed E-state index contributed by atoms with van der Waals surface area (Å²) in [5.74, 6) is 0.918. The highest BCUT2D eigenvalue weighted by atomic mass is 32.1. The molecule has 0 aliphatic heterocycles. The van der Waals surface area contributed by atoms with Crippen LogP contribution in [0.25, 0.3) is 0 Å². The maximum absolute atomic E-state index is 12.3. The van der Waals surface area contributed by atoms with Gasteiger partial charge in [0.1, 0.15) is 12.4 Å². The van der Waals surface area contributed by atoms with Crippen molar-refractivity contribution in [3.8, 4) is 5.75 Å². The molecule has 0 spiro atoms. The van der Waals surface area contributed by atoms with Gasteiger partial charge in [-0.3, -0.25) is 4.79 Å². The lowest BCUT2D eigenvalue weighted by Crippen LogP contribution is -2.27. The maximum Gasteiger partial charge on any atom is 0.251 e. The van der Waals surface area contributed by atoms with Crippen molar-refractivity contribution in [1.29, 1.82) is 0 Å². The molecule has 1 amide bonds. The fraction of sp³-hybridized carbons (Fsp3) is 0.200. The van der Waals surface area contributed by atoms with Crippen LogP contribution in [-0.4, -0.2) is 17.4 Å². The molecule has 1 heterocycles. The molecule has 0 aliphatic carbocycles. The van der Waals surface area contributed by atoms with Gasteiger partial charge in [-0.1, -0.05) is 37.3 Å². The summed E-state index contributed by atoms with van der Waals surface area (Å²) in [7, 11) is 0. The molecule has 0 radical (unpaired) electrons. The summed E-state index contributed by atoms with van der Waals surface area (Å²) in [5, 5.41) is 4.94. The third-order valence-electron chi connectivity index (χ3n) is 3.92. The molecular weight excluding hydrogens is 332 g/mol. The van der Waals surface area contributed by atoms with Gasteiger partial charge in [-0.25, -0.2) is 4.98 Å². The zero-order valence-corrected chi connectivity index (χ0v) is 14.8. The zero-order valence-electron chi connectivity index (χ0n) is 14.0. The zero-order chi connectivity index (χ0) is 17.5. The second-order valence-corrected chi connectivity index (χ2v) is 6.53. The molecule has 1 N–H and O–H groups in total. The number of carbonyl (C=O) groups excluding carboxylic acids is 1. The highest BCUT2D eigenvalue weighted by Gasteiger charge is 2.09. The lowest BCUT2D eigenvalue weighted by Gasteiger charge is -2.13. The molecule has 2 aromatic carbocycles. The quantitative estimate of drug-likeness (QED) is 0.691. The minimum absolute atomic E-state index is 0.0752. The summed E-state index contributed by atoms with van der Waals surface area (Å²) in [5.41, 5.74) is 4.53. The van der Waals surface area contributed by atoms with E-state index in [1.165, 1.54) is 5.56 Å². The normalized spacial score (nSPS) is 11.7. The third kappa shape index (κ3) is 4.90. The van der Waals surface area contributed by atoms with Crippen LogP contribution < -0.4 is 10.1 Å². The molecule has 3 rings (SSSR count). The molecule has 5 heteroatoms. The Morgan fingerprint density at radius 1 is 1.16 bits per heavy atom. The Morgan fingerprint density at radius 2 is 1.92 bits per heavy atom. The molecule has 0 bridgehead atoms. The van der Waals surface area contributed by atoms with Gasteiger partial charge >= 0.3 is 0 Å². The van der Waals surface area contributed by atoms with Crippen LogP contribution >= 0.6 is 11.3 Å². The van der Waals surface area contributed by atoms with Gasteiger partial charge in [-0.2, -0.15) is 0 Å². The van der Waals surface area contributed by atoms with E-state index >= 15 is 0 Å². The predicted octanol–water partition coefficient (Wildman–Crippen LogP) is 4.26. The van der Waals surface area contributed by atoms with E-state index in [1.807, 2.05) is 35.7 Å². The molecule has 1 aromatic heterocycles. The van der Waals surface area contributed by atoms with E-state index in [4.69, 9.17) is 4.74 Å². The van der Waals surface area contributed by atoms with Crippen LogP contribution in [0.1, 0.15) is 34.5 Å². The molecule has 1 atom stereocenters. The number of nitrogens with zero attached hydrogens (tertiary/aromatic N) is 1. The largest absolute Gasteiger partial charge is 0.487 e. The van der Waals surface area contributed by atoms with E-state index < -0.39 is 0 Å². The molecular formula is C20H20N2O2S. The Balaban J connectivity index is 1.50. The number of aromatic nitrogens is 1. The lowest BCUT2D eigenvalue weighted by molar-refractivity contribution is 0.0951. The van der Waals surface area contributed by atoms with Gasteiger partial charge < -0.3 is 10.1 Å². The first-order valence-electron chi connectivity index (χ1n) is 8.15. The SMILES string of the molecule is C[C@H](CNC(=O)c1ccc(OCc2cscn2)cc1)c1ccccc1. The maximum atomic E-state index is 12.3. The second kappa shape index (κ2) is 8.44. The summed E-state index contributed by atoms with van der Waals surface area (Å²) in [4.78, 5) is 16.4. The number of ether oxygens (including phenoxy) is 1. The summed E-state index contributed by atoms with van der Waals surface area (Å²) in [6.45, 7) is 3.14. The van der Waals surface area contributed by atoms with Crippen LogP contribution in [0.4, 0.5) is 0 Å². The van der Waals surface area contributed by atoms with Gasteiger partial charge in [0.15, 0.2) is 0 Å². The summed E-state index contributed by atoms with van der Waals surface area (Å²) in [6, 6.07) is 17.3. The number of thiazole rings is 1. The van der Waals surface area contributed by atoms with E-state index in [0.29, 0.717) is 18.7 Å². The number of carbonyl (C=O) groups is 1. The Hall–Kier alpha value is -2.66. The van der Waals surface area contributed by atoms with Crippen LogP contribution in [0.15, 0.2) is 65.5 Å². The summed E-state index contributed by atoms with van der Waals surface area (Å²) < 4.78 is 5.65. The van der Waals surface area contributed by atoms with Crippen molar-refractivity contribution < 1.29 is 9.53 Å². The van der Waals surface area contributed by atoms with Gasteiger partial charge in [0, 0.05) is 17.5 Å². The molecule has 3 aromatic rings. The first kappa shape index (κ1) is 17.2. The van der Waals surface area contributed by atoms with Gasteiger partial charge in [0.25, 0.3) is 5.91 Å². The van der Waals surface area contributed by atoms with Gasteiger partial charge in [-0.15, -0.1) is 11.3 Å². The van der Waals surface area contributed by atoms with Crippen molar-refractivity contribution in [3.05, 3.63) is 82.3 Å². The highest BCUT2D eigenvalue weighted by molar-refractivity contribution is 7.07. The minimum atomic E-state index is -0.0752. The topological polar surface area (TPSA) is 51.2 Å². The smallest absolute Gasteiger partial charge is 0.251 e. The summed E-state index contributed by atoms with van der Waals surface area (Å²) >= 11 is 1.54. The van der Waals surface area contributed by atoms with Gasteiger partial charge in [-0.05, 0) is 35.7 Å². The van der Waals surface area contributed by atoms with Gasteiger partial charge in [0.05, 0.1) is 11.2 Å². The molecule has 0 aliphatic rings. The van der Waals surface area contributed by atoms with Crippen LogP contribution in [-0.2, 0) is 6.61 Å². The Bertz CT molecular complexity index is 786. The minimum Gasteiger partial charge on any atom is -0.487 e. The van der Waals surface area contributed by atoms with Crippen LogP contribution in [0.3, 0.4) is 0 Å². The van der Waals surface area contributed by atoms with Crippen molar-refractivity contribution in [3.63, 3.8) is 0 Å². The Kier molecular flexibility index (Phi) is 5.80. The number of hydrogen-bond donors (Lipinski definition) is 1. The molecule has 25 heavy (non-hydrogen) atoms. The Morgan fingerprint density at radius 3 is 2.60 bits per heavy atom. The Labute approximate surface area is 151 Å². The van der Waals surface area contributed by atoms with Crippen LogP contribution in [0, 0.1) is 0 Å². The molecule has 0 saturated carbocycles. The van der Waals surface area contributed by atoms with Crippen molar-refractivity contribution in [2.24, 2.45) is 0 Å². The van der Waals surface area contributed by atoms with Crippen molar-refractivity contribution in [1.82, 2.24) is 10.3 Å². The molecule has 0 fully saturated rings. The summed E-state index contributed by atoms with van der Waals surface area (Å²) in [6.07, 6.45) is 0. The number of amides is 1. The predicted molar refractivity (Wildman–Crippen MR) is 100 cm³/mol. The fourth-order valence-corrected chi connectivity index (χ4v) is 2.96. The van der Waals surface area contributed by atoms with Crippen molar-refractivity contribution >= 4 is 17.2 Å². The van der Waals surface area contributed by atoms with E-state index in [1.54, 1.807) is 29.0 Å². The second-order valence-electron chi connectivity index (χ2n) is 5.81. The van der Waals surface area contributed by atoms with Crippen molar-refractivity contribution in [2.45, 2.75) is 19.4 Å². The molecule has 128 valence electrons. The lowest BCUT2D eigenvalue weighted by atomic mass is 10.0. The van der Waals surface area contributed by atoms with Crippen molar-refractivity contribution in [2.75, 3.05) is 6.54 Å². The standard InChI is InChI=1S/C20H20N2O2S/c1-15(16-5-3-2-4-6-16)11-21-20(23)17-7-9-19(10-8-17)24-12-18-13-25-14-22-18/h2-10,13-15H,11-12H2,1H3,(H,21,23)/t15-/m1/s1. The molecule has 0 unspecified atom stereocenters. The van der Waals surface area contributed by atoms with Gasteiger partial charge in [0.2, 0.25) is 0 Å². The van der Waals surface area contributed by atoms with Crippen LogP contribution in [0.2, 0.25) is 0 Å². The van der Waals surface area contributed by atoms with E-state index in [2.05, 4.69) is 29.4 Å². The first-order chi connectivity index (χ1) is 12.2. The third-order valence-corrected chi connectivity index (χ3v) is 4.56. The highest BCUT2D eigenvalue weighted by Crippen LogP contribution is 2.16. The average molecular weight is 352 g/mol. The number of nitrogens with one attached hydrogen (secondary N) is 1. The number of benzene rings is 2. The fourth-order valence-electron chi connectivity index (χ4n) is 2.42. The number of rotatable bonds is 7. The van der Waals surface area contributed by atoms with E-state index in [9.17, 15) is 4.79 Å². The molecule has 4 nitrogen and oxygen atoms in total.